The van der Waals surface area contributed by atoms with E-state index in [9.17, 15) is 0 Å². The predicted molar refractivity (Wildman–Crippen MR) is 64.7 cm³/mol. The summed E-state index contributed by atoms with van der Waals surface area (Å²) in [6.07, 6.45) is 0.628. The molecule has 1 N–H and O–H groups in total. The Balaban J connectivity index is 2.34. The molecule has 0 spiro atoms. The van der Waals surface area contributed by atoms with E-state index in [1.807, 2.05) is 6.92 Å². The monoisotopic (exact) mass is 277 g/mol. The second kappa shape index (κ2) is 5.85. The number of nitrogens with zero attached hydrogens (tertiary/aromatic N) is 1. The Morgan fingerprint density at radius 1 is 1.64 bits per heavy atom. The van der Waals surface area contributed by atoms with Gasteiger partial charge in [0.1, 0.15) is 0 Å². The lowest BCUT2D eigenvalue weighted by Gasteiger charge is -2.16. The third-order valence-corrected chi connectivity index (χ3v) is 3.94. The second-order valence-corrected chi connectivity index (χ2v) is 5.42. The SMILES string of the molecule is CC(O)CCN(C)Cc1sccc1Br. The lowest BCUT2D eigenvalue weighted by atomic mass is 10.3. The van der Waals surface area contributed by atoms with Gasteiger partial charge < -0.3 is 10.0 Å². The Bertz CT molecular complexity index is 275. The van der Waals surface area contributed by atoms with E-state index >= 15 is 0 Å². The van der Waals surface area contributed by atoms with Crippen LogP contribution in [-0.2, 0) is 6.54 Å². The van der Waals surface area contributed by atoms with Crippen molar-refractivity contribution in [2.24, 2.45) is 0 Å². The van der Waals surface area contributed by atoms with E-state index in [0.29, 0.717) is 0 Å². The number of halogens is 1. The molecule has 1 atom stereocenters. The molecule has 0 amide bonds. The van der Waals surface area contributed by atoms with E-state index in [2.05, 4.69) is 39.3 Å². The van der Waals surface area contributed by atoms with Crippen molar-refractivity contribution in [2.75, 3.05) is 13.6 Å². The van der Waals surface area contributed by atoms with Crippen LogP contribution in [0.2, 0.25) is 0 Å². The van der Waals surface area contributed by atoms with Crippen LogP contribution in [0.3, 0.4) is 0 Å². The summed E-state index contributed by atoms with van der Waals surface area (Å²) in [7, 11) is 2.08. The first kappa shape index (κ1) is 12.2. The van der Waals surface area contributed by atoms with Gasteiger partial charge in [0.25, 0.3) is 0 Å². The Morgan fingerprint density at radius 3 is 2.86 bits per heavy atom. The van der Waals surface area contributed by atoms with Gasteiger partial charge in [-0.15, -0.1) is 11.3 Å². The van der Waals surface area contributed by atoms with Crippen LogP contribution in [0.1, 0.15) is 18.2 Å². The molecule has 1 aromatic rings. The number of aliphatic hydroxyl groups excluding tert-OH is 1. The third kappa shape index (κ3) is 4.09. The molecule has 1 rings (SSSR count). The summed E-state index contributed by atoms with van der Waals surface area (Å²) in [5, 5.41) is 11.2. The van der Waals surface area contributed by atoms with Crippen molar-refractivity contribution >= 4 is 27.3 Å². The molecule has 80 valence electrons. The summed E-state index contributed by atoms with van der Waals surface area (Å²) in [5.74, 6) is 0. The molecule has 0 aliphatic rings. The fourth-order valence-corrected chi connectivity index (χ4v) is 2.73. The second-order valence-electron chi connectivity index (χ2n) is 3.57. The van der Waals surface area contributed by atoms with Crippen LogP contribution in [0.25, 0.3) is 0 Å². The molecule has 0 aromatic carbocycles. The van der Waals surface area contributed by atoms with E-state index in [1.54, 1.807) is 11.3 Å². The van der Waals surface area contributed by atoms with Gasteiger partial charge >= 0.3 is 0 Å². The first-order chi connectivity index (χ1) is 6.59. The Hall–Kier alpha value is 0.100. The molecule has 0 aliphatic heterocycles. The summed E-state index contributed by atoms with van der Waals surface area (Å²) in [6, 6.07) is 2.07. The van der Waals surface area contributed by atoms with Gasteiger partial charge in [0.2, 0.25) is 0 Å². The van der Waals surface area contributed by atoms with Gasteiger partial charge in [0.15, 0.2) is 0 Å². The summed E-state index contributed by atoms with van der Waals surface area (Å²) >= 11 is 5.27. The molecule has 1 unspecified atom stereocenters. The number of hydrogen-bond donors (Lipinski definition) is 1. The van der Waals surface area contributed by atoms with Gasteiger partial charge in [-0.1, -0.05) is 0 Å². The Labute approximate surface area is 97.7 Å². The van der Waals surface area contributed by atoms with E-state index in [1.165, 1.54) is 9.35 Å². The molecule has 1 aromatic heterocycles. The minimum absolute atomic E-state index is 0.204. The van der Waals surface area contributed by atoms with E-state index in [0.717, 1.165) is 19.5 Å². The molecule has 0 bridgehead atoms. The van der Waals surface area contributed by atoms with Crippen molar-refractivity contribution in [3.63, 3.8) is 0 Å². The number of aliphatic hydroxyl groups is 1. The maximum atomic E-state index is 9.15. The lowest BCUT2D eigenvalue weighted by Crippen LogP contribution is -2.21. The predicted octanol–water partition coefficient (Wildman–Crippen LogP) is 2.71. The number of thiophene rings is 1. The highest BCUT2D eigenvalue weighted by Gasteiger charge is 2.06. The zero-order valence-electron chi connectivity index (χ0n) is 8.53. The fourth-order valence-electron chi connectivity index (χ4n) is 1.17. The van der Waals surface area contributed by atoms with Crippen LogP contribution in [0.4, 0.5) is 0 Å². The minimum Gasteiger partial charge on any atom is -0.393 e. The maximum Gasteiger partial charge on any atom is 0.0524 e. The summed E-state index contributed by atoms with van der Waals surface area (Å²) in [6.45, 7) is 3.71. The molecular weight excluding hydrogens is 262 g/mol. The summed E-state index contributed by atoms with van der Waals surface area (Å²) in [4.78, 5) is 3.57. The average Bonchev–Trinajstić information content (AvgIpc) is 2.49. The zero-order chi connectivity index (χ0) is 10.6. The van der Waals surface area contributed by atoms with Gasteiger partial charge in [-0.3, -0.25) is 0 Å². The third-order valence-electron chi connectivity index (χ3n) is 2.03. The summed E-state index contributed by atoms with van der Waals surface area (Å²) < 4.78 is 1.19. The maximum absolute atomic E-state index is 9.15. The average molecular weight is 278 g/mol. The quantitative estimate of drug-likeness (QED) is 0.895. The molecule has 0 saturated heterocycles. The van der Waals surface area contributed by atoms with Crippen LogP contribution in [0, 0.1) is 0 Å². The topological polar surface area (TPSA) is 23.5 Å². The highest BCUT2D eigenvalue weighted by molar-refractivity contribution is 9.10. The first-order valence-corrected chi connectivity index (χ1v) is 6.35. The van der Waals surface area contributed by atoms with E-state index in [-0.39, 0.29) is 6.10 Å². The van der Waals surface area contributed by atoms with Gasteiger partial charge in [-0.05, 0) is 47.8 Å². The van der Waals surface area contributed by atoms with Gasteiger partial charge in [0.05, 0.1) is 6.10 Å². The van der Waals surface area contributed by atoms with Crippen LogP contribution in [0.15, 0.2) is 15.9 Å². The van der Waals surface area contributed by atoms with Crippen molar-refractivity contribution in [3.8, 4) is 0 Å². The van der Waals surface area contributed by atoms with Gasteiger partial charge in [-0.25, -0.2) is 0 Å². The lowest BCUT2D eigenvalue weighted by molar-refractivity contribution is 0.163. The van der Waals surface area contributed by atoms with Crippen LogP contribution in [-0.4, -0.2) is 29.7 Å². The van der Waals surface area contributed by atoms with Crippen LogP contribution < -0.4 is 0 Å². The molecular formula is C10H16BrNOS. The van der Waals surface area contributed by atoms with Crippen molar-refractivity contribution in [3.05, 3.63) is 20.8 Å². The van der Waals surface area contributed by atoms with E-state index in [4.69, 9.17) is 5.11 Å². The largest absolute Gasteiger partial charge is 0.393 e. The van der Waals surface area contributed by atoms with Gasteiger partial charge in [-0.2, -0.15) is 0 Å². The minimum atomic E-state index is -0.204. The number of rotatable bonds is 5. The van der Waals surface area contributed by atoms with Gasteiger partial charge in [0, 0.05) is 22.4 Å². The van der Waals surface area contributed by atoms with Crippen molar-refractivity contribution in [1.29, 1.82) is 0 Å². The number of hydrogen-bond acceptors (Lipinski definition) is 3. The van der Waals surface area contributed by atoms with Crippen molar-refractivity contribution in [2.45, 2.75) is 26.0 Å². The molecule has 0 radical (unpaired) electrons. The summed E-state index contributed by atoms with van der Waals surface area (Å²) in [5.41, 5.74) is 0. The molecule has 0 fully saturated rings. The zero-order valence-corrected chi connectivity index (χ0v) is 10.9. The molecule has 2 nitrogen and oxygen atoms in total. The Morgan fingerprint density at radius 2 is 2.36 bits per heavy atom. The normalized spacial score (nSPS) is 13.5. The Kier molecular flexibility index (Phi) is 5.09. The van der Waals surface area contributed by atoms with Crippen LogP contribution in [0.5, 0.6) is 0 Å². The highest BCUT2D eigenvalue weighted by atomic mass is 79.9. The van der Waals surface area contributed by atoms with Crippen LogP contribution >= 0.6 is 27.3 Å². The standard InChI is InChI=1S/C10H16BrNOS/c1-8(13)3-5-12(2)7-10-9(11)4-6-14-10/h4,6,8,13H,3,5,7H2,1-2H3. The smallest absolute Gasteiger partial charge is 0.0524 e. The fraction of sp³-hybridized carbons (Fsp3) is 0.600. The molecule has 1 heterocycles. The molecule has 14 heavy (non-hydrogen) atoms. The first-order valence-electron chi connectivity index (χ1n) is 4.68. The molecule has 0 aliphatic carbocycles. The molecule has 0 saturated carbocycles. The van der Waals surface area contributed by atoms with E-state index < -0.39 is 0 Å². The van der Waals surface area contributed by atoms with Crippen molar-refractivity contribution in [1.82, 2.24) is 4.90 Å². The molecule has 4 heteroatoms. The highest BCUT2D eigenvalue weighted by Crippen LogP contribution is 2.23. The van der Waals surface area contributed by atoms with Crippen molar-refractivity contribution < 1.29 is 5.11 Å².